The van der Waals surface area contributed by atoms with E-state index in [9.17, 15) is 14.4 Å². The third-order valence-corrected chi connectivity index (χ3v) is 8.20. The normalized spacial score (nSPS) is 13.7. The Kier molecular flexibility index (Phi) is 7.77. The molecule has 0 aliphatic carbocycles. The van der Waals surface area contributed by atoms with E-state index < -0.39 is 5.97 Å². The van der Waals surface area contributed by atoms with Gasteiger partial charge in [-0.25, -0.2) is 9.78 Å². The molecular formula is C30H26ClN3O4S. The van der Waals surface area contributed by atoms with E-state index >= 15 is 0 Å². The lowest BCUT2D eigenvalue weighted by atomic mass is 9.89. The lowest BCUT2D eigenvalue weighted by Crippen LogP contribution is -2.38. The average molecular weight is 560 g/mol. The van der Waals surface area contributed by atoms with Crippen LogP contribution in [0.5, 0.6) is 0 Å². The number of aromatic carboxylic acids is 1. The van der Waals surface area contributed by atoms with E-state index in [1.807, 2.05) is 49.4 Å². The first-order chi connectivity index (χ1) is 18.8. The van der Waals surface area contributed by atoms with Gasteiger partial charge < -0.3 is 15.3 Å². The van der Waals surface area contributed by atoms with Crippen LogP contribution in [0.4, 0.5) is 5.69 Å². The molecule has 0 saturated carbocycles. The van der Waals surface area contributed by atoms with Gasteiger partial charge >= 0.3 is 5.97 Å². The predicted molar refractivity (Wildman–Crippen MR) is 153 cm³/mol. The number of thiazole rings is 1. The largest absolute Gasteiger partial charge is 0.478 e. The van der Waals surface area contributed by atoms with Gasteiger partial charge in [0.15, 0.2) is 0 Å². The first-order valence-corrected chi connectivity index (χ1v) is 13.8. The number of aromatic nitrogens is 1. The highest BCUT2D eigenvalue weighted by molar-refractivity contribution is 7.15. The minimum absolute atomic E-state index is 0.190. The van der Waals surface area contributed by atoms with Crippen molar-refractivity contribution in [3.63, 3.8) is 0 Å². The van der Waals surface area contributed by atoms with Crippen LogP contribution < -0.4 is 5.32 Å². The van der Waals surface area contributed by atoms with Crippen LogP contribution in [0.25, 0.3) is 10.4 Å². The van der Waals surface area contributed by atoms with Gasteiger partial charge in [0.05, 0.1) is 26.0 Å². The first kappa shape index (κ1) is 26.6. The van der Waals surface area contributed by atoms with Gasteiger partial charge in [0, 0.05) is 18.8 Å². The van der Waals surface area contributed by atoms with E-state index in [0.29, 0.717) is 35.1 Å². The summed E-state index contributed by atoms with van der Waals surface area (Å²) in [5.41, 5.74) is 3.38. The molecule has 2 amide bonds. The summed E-state index contributed by atoms with van der Waals surface area (Å²) in [5, 5.41) is 13.1. The number of carbonyl (C=O) groups excluding carboxylic acids is 2. The van der Waals surface area contributed by atoms with E-state index in [1.165, 1.54) is 11.3 Å². The van der Waals surface area contributed by atoms with Crippen molar-refractivity contribution in [3.8, 4) is 10.4 Å². The molecule has 1 fully saturated rings. The Morgan fingerprint density at radius 1 is 1.00 bits per heavy atom. The molecule has 1 aromatic heterocycles. The van der Waals surface area contributed by atoms with Gasteiger partial charge in [-0.2, -0.15) is 0 Å². The molecule has 0 bridgehead atoms. The van der Waals surface area contributed by atoms with Crippen molar-refractivity contribution < 1.29 is 19.5 Å². The number of carboxylic acids is 1. The van der Waals surface area contributed by atoms with Crippen molar-refractivity contribution in [2.45, 2.75) is 25.7 Å². The Labute approximate surface area is 235 Å². The zero-order valence-electron chi connectivity index (χ0n) is 21.2. The van der Waals surface area contributed by atoms with Crippen LogP contribution in [0.2, 0.25) is 5.02 Å². The van der Waals surface area contributed by atoms with Gasteiger partial charge in [0.25, 0.3) is 11.8 Å². The molecule has 9 heteroatoms. The summed E-state index contributed by atoms with van der Waals surface area (Å²) in [4.78, 5) is 44.7. The number of aryl methyl sites for hydroxylation is 1. The molecule has 0 atom stereocenters. The van der Waals surface area contributed by atoms with Crippen LogP contribution in [0.3, 0.4) is 0 Å². The summed E-state index contributed by atoms with van der Waals surface area (Å²) in [6.45, 7) is 2.96. The van der Waals surface area contributed by atoms with Crippen LogP contribution >= 0.6 is 22.9 Å². The first-order valence-electron chi connectivity index (χ1n) is 12.6. The summed E-state index contributed by atoms with van der Waals surface area (Å²) in [6.07, 6.45) is 1.52. The van der Waals surface area contributed by atoms with E-state index in [2.05, 4.69) is 10.3 Å². The van der Waals surface area contributed by atoms with Crippen LogP contribution in [-0.2, 0) is 0 Å². The van der Waals surface area contributed by atoms with E-state index in [0.717, 1.165) is 33.9 Å². The molecule has 1 aliphatic heterocycles. The molecule has 2 heterocycles. The third-order valence-electron chi connectivity index (χ3n) is 6.85. The number of amides is 2. The molecule has 3 aromatic carbocycles. The number of hydrogen-bond acceptors (Lipinski definition) is 5. The van der Waals surface area contributed by atoms with Crippen molar-refractivity contribution in [3.05, 3.63) is 105 Å². The lowest BCUT2D eigenvalue weighted by Gasteiger charge is -2.32. The number of rotatable bonds is 6. The Bertz CT molecular complexity index is 1530. The summed E-state index contributed by atoms with van der Waals surface area (Å²) in [7, 11) is 0. The molecule has 2 N–H and O–H groups in total. The number of likely N-dealkylation sites (tertiary alicyclic amines) is 1. The van der Waals surface area contributed by atoms with E-state index in [1.54, 1.807) is 35.2 Å². The summed E-state index contributed by atoms with van der Waals surface area (Å²) in [6, 6.07) is 21.5. The number of carboxylic acid groups (broad SMARTS) is 1. The van der Waals surface area contributed by atoms with Gasteiger partial charge in [0.2, 0.25) is 0 Å². The number of halogens is 1. The minimum Gasteiger partial charge on any atom is -0.478 e. The number of piperidine rings is 1. The molecule has 0 radical (unpaired) electrons. The zero-order valence-corrected chi connectivity index (χ0v) is 22.8. The molecule has 39 heavy (non-hydrogen) atoms. The maximum Gasteiger partial charge on any atom is 0.335 e. The molecule has 7 nitrogen and oxygen atoms in total. The summed E-state index contributed by atoms with van der Waals surface area (Å²) >= 11 is 7.87. The number of nitrogens with zero attached hydrogens (tertiary/aromatic N) is 2. The van der Waals surface area contributed by atoms with Crippen LogP contribution in [0.1, 0.15) is 60.5 Å². The van der Waals surface area contributed by atoms with Gasteiger partial charge in [0.1, 0.15) is 5.69 Å². The second kappa shape index (κ2) is 11.4. The van der Waals surface area contributed by atoms with Crippen molar-refractivity contribution in [2.75, 3.05) is 18.4 Å². The second-order valence-corrected chi connectivity index (χ2v) is 11.0. The minimum atomic E-state index is -0.949. The summed E-state index contributed by atoms with van der Waals surface area (Å²) < 4.78 is 0. The smallest absolute Gasteiger partial charge is 0.335 e. The highest BCUT2D eigenvalue weighted by Gasteiger charge is 2.26. The fourth-order valence-electron chi connectivity index (χ4n) is 4.81. The maximum absolute atomic E-state index is 13.4. The van der Waals surface area contributed by atoms with Crippen LogP contribution in [0.15, 0.2) is 72.8 Å². The van der Waals surface area contributed by atoms with E-state index in [4.69, 9.17) is 16.7 Å². The number of benzene rings is 3. The molecule has 1 aliphatic rings. The predicted octanol–water partition coefficient (Wildman–Crippen LogP) is 6.74. The van der Waals surface area contributed by atoms with Crippen LogP contribution in [-0.4, -0.2) is 45.9 Å². The number of nitrogens with one attached hydrogen (secondary N) is 1. The standard InChI is InChI=1S/C30H26ClN3O4S/c1-18-32-26(27(39-18)21-5-3-2-4-6-21)28(35)33-23-11-12-25(31)24(17-23)29(36)34-15-13-20(14-16-34)19-7-9-22(10-8-19)30(37)38/h2-12,17,20H,13-16H2,1H3,(H,33,35)(H,37,38). The fourth-order valence-corrected chi connectivity index (χ4v) is 5.93. The Morgan fingerprint density at radius 3 is 2.36 bits per heavy atom. The molecule has 5 rings (SSSR count). The van der Waals surface area contributed by atoms with E-state index in [-0.39, 0.29) is 23.3 Å². The molecule has 0 unspecified atom stereocenters. The quantitative estimate of drug-likeness (QED) is 0.272. The van der Waals surface area contributed by atoms with Gasteiger partial charge in [-0.15, -0.1) is 11.3 Å². The lowest BCUT2D eigenvalue weighted by molar-refractivity contribution is 0.0691. The SMILES string of the molecule is Cc1nc(C(=O)Nc2ccc(Cl)c(C(=O)N3CCC(c4ccc(C(=O)O)cc4)CC3)c2)c(-c2ccccc2)s1. The monoisotopic (exact) mass is 559 g/mol. The molecule has 4 aromatic rings. The molecular weight excluding hydrogens is 534 g/mol. The van der Waals surface area contributed by atoms with Crippen molar-refractivity contribution in [1.82, 2.24) is 9.88 Å². The van der Waals surface area contributed by atoms with Gasteiger partial charge in [-0.3, -0.25) is 9.59 Å². The molecule has 1 saturated heterocycles. The van der Waals surface area contributed by atoms with Crippen molar-refractivity contribution in [1.29, 1.82) is 0 Å². The Morgan fingerprint density at radius 2 is 1.69 bits per heavy atom. The summed E-state index contributed by atoms with van der Waals surface area (Å²) in [5.74, 6) is -1.24. The van der Waals surface area contributed by atoms with Crippen molar-refractivity contribution >= 4 is 46.4 Å². The fraction of sp³-hybridized carbons (Fsp3) is 0.200. The number of hydrogen-bond donors (Lipinski definition) is 2. The topological polar surface area (TPSA) is 99.6 Å². The average Bonchev–Trinajstić information content (AvgIpc) is 3.36. The Hall–Kier alpha value is -4.01. The third kappa shape index (κ3) is 5.87. The van der Waals surface area contributed by atoms with Crippen LogP contribution in [0, 0.1) is 6.92 Å². The highest BCUT2D eigenvalue weighted by atomic mass is 35.5. The number of carbonyl (C=O) groups is 3. The van der Waals surface area contributed by atoms with Gasteiger partial charge in [-0.05, 0) is 67.1 Å². The second-order valence-electron chi connectivity index (χ2n) is 9.42. The Balaban J connectivity index is 1.27. The highest BCUT2D eigenvalue weighted by Crippen LogP contribution is 2.32. The van der Waals surface area contributed by atoms with Crippen molar-refractivity contribution in [2.24, 2.45) is 0 Å². The maximum atomic E-state index is 13.4. The van der Waals surface area contributed by atoms with Gasteiger partial charge in [-0.1, -0.05) is 54.1 Å². The number of anilines is 1. The zero-order chi connectivity index (χ0) is 27.5. The molecule has 0 spiro atoms. The molecule has 198 valence electrons.